The molecule has 4 nitrogen and oxygen atoms in total. The molecule has 0 spiro atoms. The van der Waals surface area contributed by atoms with Crippen molar-refractivity contribution in [2.45, 2.75) is 13.8 Å². The zero-order chi connectivity index (χ0) is 15.4. The Balaban J connectivity index is 2.43. The lowest BCUT2D eigenvalue weighted by molar-refractivity contribution is 0.0523. The van der Waals surface area contributed by atoms with Crippen molar-refractivity contribution in [2.24, 2.45) is 0 Å². The number of anilines is 1. The molecule has 0 saturated heterocycles. The zero-order valence-corrected chi connectivity index (χ0v) is 12.6. The molecule has 2 aromatic rings. The van der Waals surface area contributed by atoms with Crippen LogP contribution in [-0.2, 0) is 4.74 Å². The van der Waals surface area contributed by atoms with Crippen molar-refractivity contribution in [2.75, 3.05) is 12.3 Å². The Morgan fingerprint density at radius 1 is 1.29 bits per heavy atom. The first-order valence-corrected chi connectivity index (χ1v) is 6.90. The number of carbonyl (C=O) groups excluding carboxylic acids is 1. The summed E-state index contributed by atoms with van der Waals surface area (Å²) in [4.78, 5) is 12.0. The first-order chi connectivity index (χ1) is 10.0. The van der Waals surface area contributed by atoms with Gasteiger partial charge in [0, 0.05) is 5.02 Å². The Hall–Kier alpha value is -2.20. The molecule has 0 aliphatic rings. The molecule has 0 aliphatic heterocycles. The van der Waals surface area contributed by atoms with E-state index in [4.69, 9.17) is 26.8 Å². The second kappa shape index (κ2) is 6.50. The molecule has 0 radical (unpaired) electrons. The van der Waals surface area contributed by atoms with Gasteiger partial charge in [-0.15, -0.1) is 0 Å². The van der Waals surface area contributed by atoms with Crippen LogP contribution in [0.2, 0.25) is 5.02 Å². The fraction of sp³-hybridized carbons (Fsp3) is 0.188. The molecule has 110 valence electrons. The van der Waals surface area contributed by atoms with Crippen molar-refractivity contribution in [3.63, 3.8) is 0 Å². The lowest BCUT2D eigenvalue weighted by Crippen LogP contribution is -2.08. The number of nitrogen functional groups attached to an aromatic ring is 1. The van der Waals surface area contributed by atoms with E-state index in [9.17, 15) is 4.79 Å². The maximum absolute atomic E-state index is 12.0. The Kier molecular flexibility index (Phi) is 4.70. The second-order valence-corrected chi connectivity index (χ2v) is 4.89. The van der Waals surface area contributed by atoms with Crippen LogP contribution in [0.3, 0.4) is 0 Å². The molecule has 0 saturated carbocycles. The maximum Gasteiger partial charge on any atom is 0.342 e. The van der Waals surface area contributed by atoms with Crippen LogP contribution in [0.1, 0.15) is 22.8 Å². The molecule has 0 bridgehead atoms. The standard InChI is InChI=1S/C16H16ClNO3/c1-3-20-16(19)12-5-4-6-13(18)15(12)21-14-9-11(17)8-7-10(14)2/h4-9H,3,18H2,1-2H3. The van der Waals surface area contributed by atoms with Gasteiger partial charge in [-0.2, -0.15) is 0 Å². The first kappa shape index (κ1) is 15.2. The number of aryl methyl sites for hydroxylation is 1. The molecule has 2 aromatic carbocycles. The number of hydrogen-bond acceptors (Lipinski definition) is 4. The second-order valence-electron chi connectivity index (χ2n) is 4.46. The molecule has 0 amide bonds. The number of nitrogens with two attached hydrogens (primary N) is 1. The highest BCUT2D eigenvalue weighted by Crippen LogP contribution is 2.34. The normalized spacial score (nSPS) is 10.2. The predicted octanol–water partition coefficient (Wildman–Crippen LogP) is 4.20. The van der Waals surface area contributed by atoms with Crippen LogP contribution in [0, 0.1) is 6.92 Å². The highest BCUT2D eigenvalue weighted by molar-refractivity contribution is 6.30. The van der Waals surface area contributed by atoms with Crippen molar-refractivity contribution in [3.8, 4) is 11.5 Å². The molecule has 5 heteroatoms. The molecule has 2 rings (SSSR count). The summed E-state index contributed by atoms with van der Waals surface area (Å²) in [6.07, 6.45) is 0. The third-order valence-electron chi connectivity index (χ3n) is 2.90. The van der Waals surface area contributed by atoms with Crippen molar-refractivity contribution in [1.82, 2.24) is 0 Å². The zero-order valence-electron chi connectivity index (χ0n) is 11.9. The smallest absolute Gasteiger partial charge is 0.342 e. The van der Waals surface area contributed by atoms with Crippen molar-refractivity contribution in [1.29, 1.82) is 0 Å². The van der Waals surface area contributed by atoms with Gasteiger partial charge in [0.25, 0.3) is 0 Å². The molecule has 2 N–H and O–H groups in total. The van der Waals surface area contributed by atoms with Gasteiger partial charge in [-0.1, -0.05) is 23.7 Å². The summed E-state index contributed by atoms with van der Waals surface area (Å²) >= 11 is 5.97. The lowest BCUT2D eigenvalue weighted by Gasteiger charge is -2.14. The third-order valence-corrected chi connectivity index (χ3v) is 3.14. The number of carbonyl (C=O) groups is 1. The van der Waals surface area contributed by atoms with E-state index in [1.54, 1.807) is 37.3 Å². The summed E-state index contributed by atoms with van der Waals surface area (Å²) in [7, 11) is 0. The van der Waals surface area contributed by atoms with Gasteiger partial charge < -0.3 is 15.2 Å². The summed E-state index contributed by atoms with van der Waals surface area (Å²) in [6, 6.07) is 10.2. The van der Waals surface area contributed by atoms with E-state index in [1.165, 1.54) is 0 Å². The quantitative estimate of drug-likeness (QED) is 0.679. The monoisotopic (exact) mass is 305 g/mol. The van der Waals surface area contributed by atoms with Gasteiger partial charge in [0.2, 0.25) is 0 Å². The van der Waals surface area contributed by atoms with Crippen molar-refractivity contribution in [3.05, 3.63) is 52.5 Å². The molecule has 0 heterocycles. The minimum Gasteiger partial charge on any atom is -0.462 e. The average Bonchev–Trinajstić information content (AvgIpc) is 2.45. The highest BCUT2D eigenvalue weighted by atomic mass is 35.5. The van der Waals surface area contributed by atoms with Gasteiger partial charge in [0.15, 0.2) is 5.75 Å². The van der Waals surface area contributed by atoms with E-state index < -0.39 is 5.97 Å². The van der Waals surface area contributed by atoms with Crippen molar-refractivity contribution >= 4 is 23.3 Å². The number of halogens is 1. The summed E-state index contributed by atoms with van der Waals surface area (Å²) in [5.74, 6) is 0.353. The van der Waals surface area contributed by atoms with E-state index in [1.807, 2.05) is 13.0 Å². The first-order valence-electron chi connectivity index (χ1n) is 6.52. The van der Waals surface area contributed by atoms with E-state index in [-0.39, 0.29) is 17.9 Å². The number of rotatable bonds is 4. The summed E-state index contributed by atoms with van der Waals surface area (Å²) < 4.78 is 10.8. The van der Waals surface area contributed by atoms with Crippen LogP contribution in [-0.4, -0.2) is 12.6 Å². The van der Waals surface area contributed by atoms with Crippen molar-refractivity contribution < 1.29 is 14.3 Å². The van der Waals surface area contributed by atoms with Gasteiger partial charge in [0.1, 0.15) is 11.3 Å². The Labute approximate surface area is 128 Å². The SMILES string of the molecule is CCOC(=O)c1cccc(N)c1Oc1cc(Cl)ccc1C. The number of para-hydroxylation sites is 1. The van der Waals surface area contributed by atoms with E-state index >= 15 is 0 Å². The fourth-order valence-corrected chi connectivity index (χ4v) is 1.99. The molecule has 0 aliphatic carbocycles. The summed E-state index contributed by atoms with van der Waals surface area (Å²) in [6.45, 7) is 3.91. The van der Waals surface area contributed by atoms with Gasteiger partial charge in [-0.25, -0.2) is 4.79 Å². The van der Waals surface area contributed by atoms with Crippen LogP contribution >= 0.6 is 11.6 Å². The molecule has 0 atom stereocenters. The lowest BCUT2D eigenvalue weighted by atomic mass is 10.1. The Morgan fingerprint density at radius 3 is 2.76 bits per heavy atom. The predicted molar refractivity (Wildman–Crippen MR) is 83.1 cm³/mol. The number of hydrogen-bond donors (Lipinski definition) is 1. The topological polar surface area (TPSA) is 61.5 Å². The number of esters is 1. The molecule has 0 unspecified atom stereocenters. The number of benzene rings is 2. The molecular formula is C16H16ClNO3. The van der Waals surface area contributed by atoms with Crippen LogP contribution < -0.4 is 10.5 Å². The van der Waals surface area contributed by atoms with Crippen LogP contribution in [0.4, 0.5) is 5.69 Å². The summed E-state index contributed by atoms with van der Waals surface area (Å²) in [5, 5.41) is 0.544. The minimum absolute atomic E-state index is 0.279. The minimum atomic E-state index is -0.473. The van der Waals surface area contributed by atoms with Crippen LogP contribution in [0.15, 0.2) is 36.4 Å². The van der Waals surface area contributed by atoms with E-state index in [2.05, 4.69) is 0 Å². The highest BCUT2D eigenvalue weighted by Gasteiger charge is 2.17. The van der Waals surface area contributed by atoms with Crippen LogP contribution in [0.5, 0.6) is 11.5 Å². The van der Waals surface area contributed by atoms with Gasteiger partial charge in [-0.05, 0) is 43.7 Å². The molecule has 21 heavy (non-hydrogen) atoms. The van der Waals surface area contributed by atoms with Gasteiger partial charge in [0.05, 0.1) is 12.3 Å². The Bertz CT molecular complexity index is 671. The van der Waals surface area contributed by atoms with E-state index in [0.29, 0.717) is 16.5 Å². The van der Waals surface area contributed by atoms with Gasteiger partial charge in [-0.3, -0.25) is 0 Å². The number of ether oxygens (including phenoxy) is 2. The molecule has 0 fully saturated rings. The van der Waals surface area contributed by atoms with Gasteiger partial charge >= 0.3 is 5.97 Å². The third kappa shape index (κ3) is 3.47. The molecular weight excluding hydrogens is 290 g/mol. The Morgan fingerprint density at radius 2 is 2.05 bits per heavy atom. The average molecular weight is 306 g/mol. The van der Waals surface area contributed by atoms with E-state index in [0.717, 1.165) is 5.56 Å². The van der Waals surface area contributed by atoms with Crippen LogP contribution in [0.25, 0.3) is 0 Å². The fourth-order valence-electron chi connectivity index (χ4n) is 1.83. The summed E-state index contributed by atoms with van der Waals surface area (Å²) in [5.41, 5.74) is 7.46. The maximum atomic E-state index is 12.0. The largest absolute Gasteiger partial charge is 0.462 e. The molecule has 0 aromatic heterocycles.